The SMILES string of the molecule is C[C@@H]1CN(C)CCCN1Cc1cccc(OCCCCN2CCCCC2)c1. The quantitative estimate of drug-likeness (QED) is 0.644. The highest BCUT2D eigenvalue weighted by Gasteiger charge is 2.19. The lowest BCUT2D eigenvalue weighted by atomic mass is 10.1. The highest BCUT2D eigenvalue weighted by Crippen LogP contribution is 2.18. The molecule has 0 spiro atoms. The van der Waals surface area contributed by atoms with Gasteiger partial charge in [0.05, 0.1) is 6.61 Å². The van der Waals surface area contributed by atoms with Crippen LogP contribution in [0.15, 0.2) is 24.3 Å². The molecule has 2 heterocycles. The van der Waals surface area contributed by atoms with Crippen LogP contribution in [0.4, 0.5) is 0 Å². The highest BCUT2D eigenvalue weighted by atomic mass is 16.5. The predicted octanol–water partition coefficient (Wildman–Crippen LogP) is 3.86. The molecule has 2 aliphatic heterocycles. The minimum atomic E-state index is 0.608. The number of rotatable bonds is 8. The molecular formula is C23H39N3O. The van der Waals surface area contributed by atoms with Crippen LogP contribution >= 0.6 is 0 Å². The summed E-state index contributed by atoms with van der Waals surface area (Å²) in [6, 6.07) is 9.34. The second-order valence-electron chi connectivity index (χ2n) is 8.54. The van der Waals surface area contributed by atoms with Gasteiger partial charge in [-0.05, 0) is 90.0 Å². The number of benzene rings is 1. The summed E-state index contributed by atoms with van der Waals surface area (Å²) < 4.78 is 6.05. The maximum Gasteiger partial charge on any atom is 0.119 e. The van der Waals surface area contributed by atoms with Crippen molar-refractivity contribution in [2.24, 2.45) is 0 Å². The number of likely N-dealkylation sites (tertiary alicyclic amines) is 1. The van der Waals surface area contributed by atoms with E-state index in [-0.39, 0.29) is 0 Å². The number of likely N-dealkylation sites (N-methyl/N-ethyl adjacent to an activating group) is 1. The number of unbranched alkanes of at least 4 members (excludes halogenated alkanes) is 1. The molecule has 0 radical (unpaired) electrons. The van der Waals surface area contributed by atoms with E-state index in [1.807, 2.05) is 0 Å². The van der Waals surface area contributed by atoms with Crippen LogP contribution < -0.4 is 4.74 Å². The largest absolute Gasteiger partial charge is 0.494 e. The molecule has 0 aliphatic carbocycles. The molecule has 2 aliphatic rings. The van der Waals surface area contributed by atoms with Gasteiger partial charge in [-0.15, -0.1) is 0 Å². The van der Waals surface area contributed by atoms with Crippen LogP contribution in [-0.2, 0) is 6.54 Å². The third kappa shape index (κ3) is 7.10. The van der Waals surface area contributed by atoms with Crippen molar-refractivity contribution in [2.45, 2.75) is 58.0 Å². The molecular weight excluding hydrogens is 334 g/mol. The van der Waals surface area contributed by atoms with Crippen molar-refractivity contribution < 1.29 is 4.74 Å². The average Bonchev–Trinajstić information content (AvgIpc) is 2.83. The molecule has 4 heteroatoms. The van der Waals surface area contributed by atoms with Crippen molar-refractivity contribution in [1.29, 1.82) is 0 Å². The van der Waals surface area contributed by atoms with Crippen LogP contribution in [0.2, 0.25) is 0 Å². The summed E-state index contributed by atoms with van der Waals surface area (Å²) >= 11 is 0. The van der Waals surface area contributed by atoms with Gasteiger partial charge in [-0.2, -0.15) is 0 Å². The highest BCUT2D eigenvalue weighted by molar-refractivity contribution is 5.28. The Bertz CT molecular complexity index is 544. The minimum Gasteiger partial charge on any atom is -0.494 e. The molecule has 1 atom stereocenters. The van der Waals surface area contributed by atoms with Gasteiger partial charge in [0, 0.05) is 25.7 Å². The topological polar surface area (TPSA) is 19.0 Å². The standard InChI is InChI=1S/C23H39N3O/c1-21-19-24(2)12-9-16-26(21)20-22-10-8-11-23(18-22)27-17-7-6-15-25-13-4-3-5-14-25/h8,10-11,18,21H,3-7,9,12-17,19-20H2,1-2H3/t21-/m1/s1. The first-order valence-electron chi connectivity index (χ1n) is 11.1. The molecule has 27 heavy (non-hydrogen) atoms. The average molecular weight is 374 g/mol. The van der Waals surface area contributed by atoms with Crippen molar-refractivity contribution in [2.75, 3.05) is 52.9 Å². The smallest absolute Gasteiger partial charge is 0.119 e. The molecule has 0 amide bonds. The monoisotopic (exact) mass is 373 g/mol. The lowest BCUT2D eigenvalue weighted by Crippen LogP contribution is -2.37. The molecule has 1 aromatic carbocycles. The molecule has 152 valence electrons. The summed E-state index contributed by atoms with van der Waals surface area (Å²) in [5.74, 6) is 1.03. The molecule has 0 unspecified atom stereocenters. The Kier molecular flexibility index (Phi) is 8.43. The van der Waals surface area contributed by atoms with E-state index in [1.165, 1.54) is 70.4 Å². The van der Waals surface area contributed by atoms with E-state index >= 15 is 0 Å². The fourth-order valence-electron chi connectivity index (χ4n) is 4.44. The number of ether oxygens (including phenoxy) is 1. The van der Waals surface area contributed by atoms with E-state index in [1.54, 1.807) is 0 Å². The Labute approximate surface area is 166 Å². The van der Waals surface area contributed by atoms with Gasteiger partial charge >= 0.3 is 0 Å². The van der Waals surface area contributed by atoms with E-state index in [0.29, 0.717) is 6.04 Å². The van der Waals surface area contributed by atoms with Gasteiger partial charge in [0.15, 0.2) is 0 Å². The van der Waals surface area contributed by atoms with Crippen molar-refractivity contribution in [3.05, 3.63) is 29.8 Å². The summed E-state index contributed by atoms with van der Waals surface area (Å²) in [5.41, 5.74) is 1.37. The maximum atomic E-state index is 6.05. The van der Waals surface area contributed by atoms with Gasteiger partial charge in [0.1, 0.15) is 5.75 Å². The number of hydrogen-bond donors (Lipinski definition) is 0. The van der Waals surface area contributed by atoms with Crippen molar-refractivity contribution in [3.63, 3.8) is 0 Å². The van der Waals surface area contributed by atoms with Crippen LogP contribution in [-0.4, -0.2) is 73.7 Å². The van der Waals surface area contributed by atoms with Crippen molar-refractivity contribution in [1.82, 2.24) is 14.7 Å². The zero-order valence-electron chi connectivity index (χ0n) is 17.5. The molecule has 3 rings (SSSR count). The Balaban J connectivity index is 1.39. The summed E-state index contributed by atoms with van der Waals surface area (Å²) in [7, 11) is 2.24. The molecule has 0 bridgehead atoms. The summed E-state index contributed by atoms with van der Waals surface area (Å²) in [4.78, 5) is 7.68. The van der Waals surface area contributed by atoms with Crippen LogP contribution in [0, 0.1) is 0 Å². The first kappa shape index (κ1) is 20.6. The molecule has 0 N–H and O–H groups in total. The first-order chi connectivity index (χ1) is 13.2. The Morgan fingerprint density at radius 1 is 1.00 bits per heavy atom. The molecule has 2 fully saturated rings. The van der Waals surface area contributed by atoms with Crippen LogP contribution in [0.5, 0.6) is 5.75 Å². The van der Waals surface area contributed by atoms with Gasteiger partial charge in [-0.3, -0.25) is 4.90 Å². The fraction of sp³-hybridized carbons (Fsp3) is 0.739. The molecule has 4 nitrogen and oxygen atoms in total. The third-order valence-electron chi connectivity index (χ3n) is 6.05. The van der Waals surface area contributed by atoms with Crippen molar-refractivity contribution in [3.8, 4) is 5.75 Å². The fourth-order valence-corrected chi connectivity index (χ4v) is 4.44. The Morgan fingerprint density at radius 3 is 2.70 bits per heavy atom. The summed E-state index contributed by atoms with van der Waals surface area (Å²) in [6.45, 7) is 11.6. The zero-order chi connectivity index (χ0) is 18.9. The predicted molar refractivity (Wildman–Crippen MR) is 113 cm³/mol. The minimum absolute atomic E-state index is 0.608. The van der Waals surface area contributed by atoms with Gasteiger partial charge in [-0.1, -0.05) is 18.6 Å². The number of piperidine rings is 1. The van der Waals surface area contributed by atoms with E-state index in [4.69, 9.17) is 4.74 Å². The Morgan fingerprint density at radius 2 is 1.85 bits per heavy atom. The van der Waals surface area contributed by atoms with E-state index in [2.05, 4.69) is 52.9 Å². The van der Waals surface area contributed by atoms with Crippen LogP contribution in [0.1, 0.15) is 51.0 Å². The lowest BCUT2D eigenvalue weighted by molar-refractivity contribution is 0.194. The van der Waals surface area contributed by atoms with Gasteiger partial charge in [0.25, 0.3) is 0 Å². The van der Waals surface area contributed by atoms with Gasteiger partial charge < -0.3 is 14.5 Å². The normalized spacial score (nSPS) is 23.3. The second kappa shape index (κ2) is 11.0. The van der Waals surface area contributed by atoms with Crippen LogP contribution in [0.25, 0.3) is 0 Å². The molecule has 2 saturated heterocycles. The van der Waals surface area contributed by atoms with E-state index in [0.717, 1.165) is 31.9 Å². The lowest BCUT2D eigenvalue weighted by Gasteiger charge is -2.28. The summed E-state index contributed by atoms with van der Waals surface area (Å²) in [5, 5.41) is 0. The Hall–Kier alpha value is -1.10. The first-order valence-corrected chi connectivity index (χ1v) is 11.1. The third-order valence-corrected chi connectivity index (χ3v) is 6.05. The van der Waals surface area contributed by atoms with Gasteiger partial charge in [0.2, 0.25) is 0 Å². The number of hydrogen-bond acceptors (Lipinski definition) is 4. The van der Waals surface area contributed by atoms with Crippen molar-refractivity contribution >= 4 is 0 Å². The molecule has 0 saturated carbocycles. The van der Waals surface area contributed by atoms with E-state index < -0.39 is 0 Å². The molecule has 0 aromatic heterocycles. The van der Waals surface area contributed by atoms with Crippen LogP contribution in [0.3, 0.4) is 0 Å². The maximum absolute atomic E-state index is 6.05. The second-order valence-corrected chi connectivity index (χ2v) is 8.54. The molecule has 1 aromatic rings. The van der Waals surface area contributed by atoms with E-state index in [9.17, 15) is 0 Å². The van der Waals surface area contributed by atoms with Gasteiger partial charge in [-0.25, -0.2) is 0 Å². The zero-order valence-corrected chi connectivity index (χ0v) is 17.5. The number of nitrogens with zero attached hydrogens (tertiary/aromatic N) is 3. The summed E-state index contributed by atoms with van der Waals surface area (Å²) in [6.07, 6.45) is 7.84.